The molecule has 0 unspecified atom stereocenters. The van der Waals surface area contributed by atoms with Gasteiger partial charge in [0.25, 0.3) is 0 Å². The standard InChI is InChI=1S/C20H28N4O/c1-22-14-19(13-21-22)16-23-9-7-20(8-10-23)17-24(11-12-25-20)15-18-5-3-2-4-6-18/h2-6,13-14H,7-12,15-17H2,1H3. The number of hydrogen-bond donors (Lipinski definition) is 0. The first-order valence-electron chi connectivity index (χ1n) is 9.31. The second-order valence-electron chi connectivity index (χ2n) is 7.53. The lowest BCUT2D eigenvalue weighted by molar-refractivity contribution is -0.138. The molecular weight excluding hydrogens is 312 g/mol. The second-order valence-corrected chi connectivity index (χ2v) is 7.53. The molecule has 5 heteroatoms. The van der Waals surface area contributed by atoms with Gasteiger partial charge < -0.3 is 4.74 Å². The van der Waals surface area contributed by atoms with Crippen molar-refractivity contribution in [3.63, 3.8) is 0 Å². The van der Waals surface area contributed by atoms with Crippen LogP contribution in [0.25, 0.3) is 0 Å². The van der Waals surface area contributed by atoms with Crippen LogP contribution in [0.1, 0.15) is 24.0 Å². The van der Waals surface area contributed by atoms with Gasteiger partial charge in [-0.2, -0.15) is 5.10 Å². The van der Waals surface area contributed by atoms with Crippen molar-refractivity contribution >= 4 is 0 Å². The number of nitrogens with zero attached hydrogens (tertiary/aromatic N) is 4. The van der Waals surface area contributed by atoms with Crippen LogP contribution in [0.5, 0.6) is 0 Å². The summed E-state index contributed by atoms with van der Waals surface area (Å²) in [6, 6.07) is 10.8. The van der Waals surface area contributed by atoms with E-state index in [4.69, 9.17) is 4.74 Å². The molecule has 0 bridgehead atoms. The van der Waals surface area contributed by atoms with E-state index in [1.54, 1.807) is 0 Å². The molecule has 2 saturated heterocycles. The number of aryl methyl sites for hydroxylation is 1. The van der Waals surface area contributed by atoms with Gasteiger partial charge in [0.15, 0.2) is 0 Å². The molecule has 25 heavy (non-hydrogen) atoms. The Hall–Kier alpha value is -1.69. The molecule has 1 aromatic heterocycles. The van der Waals surface area contributed by atoms with Crippen molar-refractivity contribution in [2.75, 3.05) is 32.8 Å². The van der Waals surface area contributed by atoms with Crippen LogP contribution in [0.4, 0.5) is 0 Å². The van der Waals surface area contributed by atoms with Gasteiger partial charge in [0, 0.05) is 58.1 Å². The van der Waals surface area contributed by atoms with E-state index in [-0.39, 0.29) is 5.60 Å². The molecule has 1 spiro atoms. The van der Waals surface area contributed by atoms with Gasteiger partial charge in [-0.1, -0.05) is 30.3 Å². The highest BCUT2D eigenvalue weighted by molar-refractivity contribution is 5.14. The maximum Gasteiger partial charge on any atom is 0.0833 e. The van der Waals surface area contributed by atoms with Gasteiger partial charge in [-0.05, 0) is 18.4 Å². The number of piperidine rings is 1. The fraction of sp³-hybridized carbons (Fsp3) is 0.550. The quantitative estimate of drug-likeness (QED) is 0.855. The van der Waals surface area contributed by atoms with Crippen molar-refractivity contribution < 1.29 is 4.74 Å². The molecule has 134 valence electrons. The molecule has 0 N–H and O–H groups in total. The Bertz CT molecular complexity index is 676. The predicted octanol–water partition coefficient (Wildman–Crippen LogP) is 2.29. The molecule has 0 aliphatic carbocycles. The van der Waals surface area contributed by atoms with Crippen LogP contribution < -0.4 is 0 Å². The third kappa shape index (κ3) is 4.11. The summed E-state index contributed by atoms with van der Waals surface area (Å²) in [7, 11) is 1.98. The number of morpholine rings is 1. The van der Waals surface area contributed by atoms with Gasteiger partial charge in [-0.3, -0.25) is 14.5 Å². The zero-order valence-electron chi connectivity index (χ0n) is 15.1. The van der Waals surface area contributed by atoms with Crippen LogP contribution in [-0.2, 0) is 24.9 Å². The predicted molar refractivity (Wildman–Crippen MR) is 98.1 cm³/mol. The highest BCUT2D eigenvalue weighted by Gasteiger charge is 2.39. The maximum absolute atomic E-state index is 6.29. The van der Waals surface area contributed by atoms with E-state index in [9.17, 15) is 0 Å². The minimum atomic E-state index is 0.0540. The first-order chi connectivity index (χ1) is 12.2. The molecule has 2 aliphatic rings. The van der Waals surface area contributed by atoms with Gasteiger partial charge in [-0.25, -0.2) is 0 Å². The Morgan fingerprint density at radius 3 is 2.48 bits per heavy atom. The maximum atomic E-state index is 6.29. The van der Waals surface area contributed by atoms with Crippen LogP contribution in [-0.4, -0.2) is 58.0 Å². The van der Waals surface area contributed by atoms with Crippen molar-refractivity contribution in [1.82, 2.24) is 19.6 Å². The average molecular weight is 340 g/mol. The summed E-state index contributed by atoms with van der Waals surface area (Å²) in [5.41, 5.74) is 2.75. The monoisotopic (exact) mass is 340 g/mol. The van der Waals surface area contributed by atoms with Crippen LogP contribution in [0.15, 0.2) is 42.7 Å². The molecular formula is C20H28N4O. The number of likely N-dealkylation sites (tertiary alicyclic amines) is 1. The van der Waals surface area contributed by atoms with Crippen molar-refractivity contribution in [1.29, 1.82) is 0 Å². The highest BCUT2D eigenvalue weighted by atomic mass is 16.5. The number of hydrogen-bond acceptors (Lipinski definition) is 4. The van der Waals surface area contributed by atoms with E-state index >= 15 is 0 Å². The Labute approximate surface area is 150 Å². The molecule has 2 aromatic rings. The third-order valence-electron chi connectivity index (χ3n) is 5.51. The zero-order valence-corrected chi connectivity index (χ0v) is 15.1. The smallest absolute Gasteiger partial charge is 0.0833 e. The second kappa shape index (κ2) is 7.28. The topological polar surface area (TPSA) is 33.5 Å². The fourth-order valence-electron chi connectivity index (χ4n) is 4.13. The van der Waals surface area contributed by atoms with Crippen molar-refractivity contribution in [3.05, 3.63) is 53.9 Å². The minimum absolute atomic E-state index is 0.0540. The molecule has 0 radical (unpaired) electrons. The van der Waals surface area contributed by atoms with Gasteiger partial charge in [0.05, 0.1) is 18.4 Å². The summed E-state index contributed by atoms with van der Waals surface area (Å²) < 4.78 is 8.17. The summed E-state index contributed by atoms with van der Waals surface area (Å²) in [5, 5.41) is 4.27. The SMILES string of the molecule is Cn1cc(CN2CCC3(CC2)CN(Cc2ccccc2)CCO3)cn1. The van der Waals surface area contributed by atoms with E-state index in [1.165, 1.54) is 11.1 Å². The van der Waals surface area contributed by atoms with E-state index in [0.717, 1.165) is 58.7 Å². The van der Waals surface area contributed by atoms with Crippen LogP contribution >= 0.6 is 0 Å². The zero-order chi connectivity index (χ0) is 17.1. The molecule has 2 fully saturated rings. The van der Waals surface area contributed by atoms with Crippen molar-refractivity contribution in [3.8, 4) is 0 Å². The molecule has 2 aliphatic heterocycles. The van der Waals surface area contributed by atoms with Gasteiger partial charge in [0.2, 0.25) is 0 Å². The van der Waals surface area contributed by atoms with E-state index < -0.39 is 0 Å². The van der Waals surface area contributed by atoms with Crippen LogP contribution in [0.2, 0.25) is 0 Å². The number of benzene rings is 1. The van der Waals surface area contributed by atoms with Crippen LogP contribution in [0.3, 0.4) is 0 Å². The molecule has 1 aromatic carbocycles. The third-order valence-corrected chi connectivity index (χ3v) is 5.51. The lowest BCUT2D eigenvalue weighted by Gasteiger charge is -2.47. The van der Waals surface area contributed by atoms with Gasteiger partial charge in [-0.15, -0.1) is 0 Å². The summed E-state index contributed by atoms with van der Waals surface area (Å²) in [5.74, 6) is 0. The summed E-state index contributed by atoms with van der Waals surface area (Å²) in [6.07, 6.45) is 6.34. The highest BCUT2D eigenvalue weighted by Crippen LogP contribution is 2.31. The van der Waals surface area contributed by atoms with Gasteiger partial charge >= 0.3 is 0 Å². The van der Waals surface area contributed by atoms with Crippen molar-refractivity contribution in [2.24, 2.45) is 7.05 Å². The first kappa shape index (κ1) is 16.8. The molecule has 0 saturated carbocycles. The van der Waals surface area contributed by atoms with E-state index in [0.29, 0.717) is 0 Å². The summed E-state index contributed by atoms with van der Waals surface area (Å²) in [4.78, 5) is 5.09. The largest absolute Gasteiger partial charge is 0.372 e. The van der Waals surface area contributed by atoms with Gasteiger partial charge in [0.1, 0.15) is 0 Å². The fourth-order valence-corrected chi connectivity index (χ4v) is 4.13. The van der Waals surface area contributed by atoms with Crippen LogP contribution in [0, 0.1) is 0 Å². The summed E-state index contributed by atoms with van der Waals surface area (Å²) in [6.45, 7) is 7.19. The molecule has 3 heterocycles. The Kier molecular flexibility index (Phi) is 4.88. The average Bonchev–Trinajstić information content (AvgIpc) is 3.03. The number of ether oxygens (including phenoxy) is 1. The first-order valence-corrected chi connectivity index (χ1v) is 9.31. The lowest BCUT2D eigenvalue weighted by atomic mass is 9.89. The Morgan fingerprint density at radius 1 is 1.00 bits per heavy atom. The van der Waals surface area contributed by atoms with E-state index in [2.05, 4.69) is 51.4 Å². The minimum Gasteiger partial charge on any atom is -0.372 e. The number of rotatable bonds is 4. The Balaban J connectivity index is 1.32. The molecule has 0 atom stereocenters. The molecule has 4 rings (SSSR count). The number of aromatic nitrogens is 2. The lowest BCUT2D eigenvalue weighted by Crippen LogP contribution is -2.56. The van der Waals surface area contributed by atoms with Crippen molar-refractivity contribution in [2.45, 2.75) is 31.5 Å². The normalized spacial score (nSPS) is 21.6. The Morgan fingerprint density at radius 2 is 1.76 bits per heavy atom. The summed E-state index contributed by atoms with van der Waals surface area (Å²) >= 11 is 0. The van der Waals surface area contributed by atoms with E-state index in [1.807, 2.05) is 17.9 Å². The molecule has 5 nitrogen and oxygen atoms in total. The molecule has 0 amide bonds.